The number of nitrogens with one attached hydrogen (secondary N) is 1. The molecule has 1 heterocycles. The summed E-state index contributed by atoms with van der Waals surface area (Å²) >= 11 is 7.45. The van der Waals surface area contributed by atoms with Gasteiger partial charge in [-0.1, -0.05) is 38.4 Å². The molecule has 1 amide bonds. The lowest BCUT2D eigenvalue weighted by atomic mass is 9.72. The number of rotatable bonds is 5. The molecule has 0 radical (unpaired) electrons. The lowest BCUT2D eigenvalue weighted by Gasteiger charge is -2.33. The van der Waals surface area contributed by atoms with Crippen LogP contribution in [0.3, 0.4) is 0 Å². The van der Waals surface area contributed by atoms with Crippen molar-refractivity contribution < 1.29 is 19.1 Å². The third kappa shape index (κ3) is 4.98. The van der Waals surface area contributed by atoms with Gasteiger partial charge in [0, 0.05) is 9.90 Å². The van der Waals surface area contributed by atoms with Gasteiger partial charge in [0.05, 0.1) is 12.7 Å². The highest BCUT2D eigenvalue weighted by Gasteiger charge is 2.34. The molecule has 3 rings (SSSR count). The first-order chi connectivity index (χ1) is 14.1. The van der Waals surface area contributed by atoms with E-state index in [1.807, 2.05) is 0 Å². The van der Waals surface area contributed by atoms with Crippen LogP contribution in [0.5, 0.6) is 5.75 Å². The highest BCUT2D eigenvalue weighted by molar-refractivity contribution is 7.17. The summed E-state index contributed by atoms with van der Waals surface area (Å²) in [5.41, 5.74) is 1.68. The topological polar surface area (TPSA) is 64.6 Å². The maximum absolute atomic E-state index is 12.8. The van der Waals surface area contributed by atoms with E-state index in [1.54, 1.807) is 31.2 Å². The molecule has 1 aliphatic rings. The minimum Gasteiger partial charge on any atom is -0.481 e. The van der Waals surface area contributed by atoms with Crippen molar-refractivity contribution in [3.8, 4) is 5.75 Å². The zero-order valence-corrected chi connectivity index (χ0v) is 19.6. The number of methoxy groups -OCH3 is 1. The van der Waals surface area contributed by atoms with E-state index in [-0.39, 0.29) is 11.3 Å². The monoisotopic (exact) mass is 449 g/mol. The maximum atomic E-state index is 12.8. The van der Waals surface area contributed by atoms with E-state index in [9.17, 15) is 9.59 Å². The highest BCUT2D eigenvalue weighted by Crippen LogP contribution is 2.44. The van der Waals surface area contributed by atoms with Gasteiger partial charge in [0.1, 0.15) is 10.8 Å². The van der Waals surface area contributed by atoms with E-state index in [1.165, 1.54) is 18.4 Å². The van der Waals surface area contributed by atoms with Gasteiger partial charge in [-0.15, -0.1) is 11.3 Å². The second kappa shape index (κ2) is 8.98. The maximum Gasteiger partial charge on any atom is 0.341 e. The number of benzene rings is 1. The third-order valence-electron chi connectivity index (χ3n) is 5.59. The van der Waals surface area contributed by atoms with Gasteiger partial charge in [0.15, 0.2) is 6.10 Å². The van der Waals surface area contributed by atoms with Gasteiger partial charge in [-0.3, -0.25) is 4.79 Å². The van der Waals surface area contributed by atoms with Crippen LogP contribution in [0, 0.1) is 11.3 Å². The highest BCUT2D eigenvalue weighted by atomic mass is 35.5. The number of carbonyl (C=O) groups is 2. The molecule has 7 heteroatoms. The second-order valence-electron chi connectivity index (χ2n) is 8.71. The quantitative estimate of drug-likeness (QED) is 0.590. The molecule has 0 fully saturated rings. The summed E-state index contributed by atoms with van der Waals surface area (Å²) in [7, 11) is 1.36. The molecule has 1 aliphatic carbocycles. The summed E-state index contributed by atoms with van der Waals surface area (Å²) in [4.78, 5) is 26.5. The number of halogens is 1. The van der Waals surface area contributed by atoms with Crippen molar-refractivity contribution in [2.45, 2.75) is 53.1 Å². The van der Waals surface area contributed by atoms with Crippen LogP contribution in [-0.2, 0) is 22.4 Å². The lowest BCUT2D eigenvalue weighted by Crippen LogP contribution is -2.30. The van der Waals surface area contributed by atoms with Crippen molar-refractivity contribution in [2.75, 3.05) is 12.4 Å². The Morgan fingerprint density at radius 1 is 1.30 bits per heavy atom. The summed E-state index contributed by atoms with van der Waals surface area (Å²) < 4.78 is 10.7. The predicted molar refractivity (Wildman–Crippen MR) is 121 cm³/mol. The molecular formula is C23H28ClNO4S. The standard InChI is InChI=1S/C23H28ClNO4S/c1-13(29-16-8-6-7-15(24)12-16)20(26)25-21-19(22(27)28-5)17-10-9-14(23(2,3)4)11-18(17)30-21/h6-8,12-14H,9-11H2,1-5H3,(H,25,26). The lowest BCUT2D eigenvalue weighted by molar-refractivity contribution is -0.122. The van der Waals surface area contributed by atoms with Gasteiger partial charge in [-0.2, -0.15) is 0 Å². The minimum atomic E-state index is -0.754. The van der Waals surface area contributed by atoms with Crippen LogP contribution in [0.1, 0.15) is 54.9 Å². The molecule has 5 nitrogen and oxygen atoms in total. The third-order valence-corrected chi connectivity index (χ3v) is 7.00. The molecule has 2 atom stereocenters. The molecule has 0 spiro atoms. The average Bonchev–Trinajstić information content (AvgIpc) is 3.03. The molecular weight excluding hydrogens is 422 g/mol. The molecule has 0 aliphatic heterocycles. The summed E-state index contributed by atoms with van der Waals surface area (Å²) in [5.74, 6) is 0.297. The Balaban J connectivity index is 1.82. The van der Waals surface area contributed by atoms with Crippen molar-refractivity contribution in [2.24, 2.45) is 11.3 Å². The number of hydrogen-bond acceptors (Lipinski definition) is 5. The Morgan fingerprint density at radius 3 is 2.67 bits per heavy atom. The number of ether oxygens (including phenoxy) is 2. The van der Waals surface area contributed by atoms with Crippen LogP contribution < -0.4 is 10.1 Å². The number of carbonyl (C=O) groups excluding carboxylic acids is 2. The fourth-order valence-corrected chi connectivity index (χ4v) is 5.24. The van der Waals surface area contributed by atoms with Crippen LogP contribution in [0.4, 0.5) is 5.00 Å². The second-order valence-corrected chi connectivity index (χ2v) is 10.3. The van der Waals surface area contributed by atoms with E-state index >= 15 is 0 Å². The molecule has 0 saturated heterocycles. The smallest absolute Gasteiger partial charge is 0.341 e. The molecule has 2 unspecified atom stereocenters. The van der Waals surface area contributed by atoms with Crippen LogP contribution in [0.15, 0.2) is 24.3 Å². The molecule has 0 bridgehead atoms. The summed E-state index contributed by atoms with van der Waals surface area (Å²) in [5, 5.41) is 3.96. The fourth-order valence-electron chi connectivity index (χ4n) is 3.74. The van der Waals surface area contributed by atoms with Crippen LogP contribution >= 0.6 is 22.9 Å². The molecule has 162 valence electrons. The minimum absolute atomic E-state index is 0.190. The fraction of sp³-hybridized carbons (Fsp3) is 0.478. The SMILES string of the molecule is COC(=O)c1c(NC(=O)C(C)Oc2cccc(Cl)c2)sc2c1CCC(C(C)(C)C)C2. The van der Waals surface area contributed by atoms with Gasteiger partial charge in [0.2, 0.25) is 0 Å². The molecule has 30 heavy (non-hydrogen) atoms. The molecule has 1 aromatic carbocycles. The number of amides is 1. The van der Waals surface area contributed by atoms with E-state index in [0.717, 1.165) is 29.7 Å². The Labute approximate surface area is 186 Å². The van der Waals surface area contributed by atoms with Gasteiger partial charge in [0.25, 0.3) is 5.91 Å². The Hall–Kier alpha value is -2.05. The Bertz CT molecular complexity index is 947. The number of anilines is 1. The molecule has 1 aromatic heterocycles. The summed E-state index contributed by atoms with van der Waals surface area (Å²) in [6.45, 7) is 8.40. The van der Waals surface area contributed by atoms with E-state index < -0.39 is 12.1 Å². The molecule has 2 aromatic rings. The zero-order chi connectivity index (χ0) is 22.1. The summed E-state index contributed by atoms with van der Waals surface area (Å²) in [6, 6.07) is 6.90. The van der Waals surface area contributed by atoms with Gasteiger partial charge in [-0.25, -0.2) is 4.79 Å². The number of thiophene rings is 1. The largest absolute Gasteiger partial charge is 0.481 e. The van der Waals surface area contributed by atoms with E-state index in [2.05, 4.69) is 26.1 Å². The number of hydrogen-bond donors (Lipinski definition) is 1. The van der Waals surface area contributed by atoms with Gasteiger partial charge >= 0.3 is 5.97 Å². The van der Waals surface area contributed by atoms with Crippen LogP contribution in [-0.4, -0.2) is 25.1 Å². The van der Waals surface area contributed by atoms with Crippen molar-refractivity contribution >= 4 is 39.8 Å². The van der Waals surface area contributed by atoms with E-state index in [0.29, 0.717) is 27.3 Å². The number of esters is 1. The molecule has 1 N–H and O–H groups in total. The first kappa shape index (κ1) is 22.6. The first-order valence-electron chi connectivity index (χ1n) is 10.1. The van der Waals surface area contributed by atoms with Crippen molar-refractivity contribution in [1.82, 2.24) is 0 Å². The number of fused-ring (bicyclic) bond motifs is 1. The average molecular weight is 450 g/mol. The van der Waals surface area contributed by atoms with E-state index in [4.69, 9.17) is 21.1 Å². The Morgan fingerprint density at radius 2 is 2.03 bits per heavy atom. The van der Waals surface area contributed by atoms with Gasteiger partial charge < -0.3 is 14.8 Å². The predicted octanol–water partition coefficient (Wildman–Crippen LogP) is 5.75. The summed E-state index contributed by atoms with van der Waals surface area (Å²) in [6.07, 6.45) is 1.97. The normalized spacial score (nSPS) is 17.1. The van der Waals surface area contributed by atoms with Crippen molar-refractivity contribution in [1.29, 1.82) is 0 Å². The first-order valence-corrected chi connectivity index (χ1v) is 11.3. The zero-order valence-electron chi connectivity index (χ0n) is 18.0. The Kier molecular flexibility index (Phi) is 6.78. The van der Waals surface area contributed by atoms with Crippen molar-refractivity contribution in [3.05, 3.63) is 45.3 Å². The molecule has 0 saturated carbocycles. The van der Waals surface area contributed by atoms with Crippen LogP contribution in [0.25, 0.3) is 0 Å². The van der Waals surface area contributed by atoms with Gasteiger partial charge in [-0.05, 0) is 61.3 Å². The van der Waals surface area contributed by atoms with Crippen molar-refractivity contribution in [3.63, 3.8) is 0 Å². The van der Waals surface area contributed by atoms with Crippen LogP contribution in [0.2, 0.25) is 5.02 Å².